The Bertz CT molecular complexity index is 393. The quantitative estimate of drug-likeness (QED) is 0.541. The Kier molecular flexibility index (Phi) is 5.83. The van der Waals surface area contributed by atoms with Gasteiger partial charge in [-0.05, 0) is 41.9 Å². The molecule has 0 N–H and O–H groups in total. The van der Waals surface area contributed by atoms with Crippen LogP contribution in [0.3, 0.4) is 0 Å². The molecule has 3 heteroatoms. The van der Waals surface area contributed by atoms with Crippen LogP contribution in [0.4, 0.5) is 0 Å². The van der Waals surface area contributed by atoms with E-state index < -0.39 is 0 Å². The number of alkyl halides is 1. The fourth-order valence-corrected chi connectivity index (χ4v) is 3.07. The highest BCUT2D eigenvalue weighted by Gasteiger charge is 2.19. The van der Waals surface area contributed by atoms with E-state index in [9.17, 15) is 0 Å². The van der Waals surface area contributed by atoms with E-state index in [-0.39, 0.29) is 5.38 Å². The first-order valence-corrected chi connectivity index (χ1v) is 7.47. The monoisotopic (exact) mass is 306 g/mol. The summed E-state index contributed by atoms with van der Waals surface area (Å²) in [5, 5.41) is 1.15. The van der Waals surface area contributed by atoms with E-state index in [0.29, 0.717) is 21.4 Å². The van der Waals surface area contributed by atoms with Crippen molar-refractivity contribution in [1.82, 2.24) is 0 Å². The van der Waals surface area contributed by atoms with Crippen LogP contribution in [0.5, 0.6) is 0 Å². The lowest BCUT2D eigenvalue weighted by Gasteiger charge is -2.24. The Balaban J connectivity index is 2.64. The average Bonchev–Trinajstić information content (AvgIpc) is 2.18. The van der Waals surface area contributed by atoms with Crippen molar-refractivity contribution >= 4 is 34.8 Å². The summed E-state index contributed by atoms with van der Waals surface area (Å²) in [6.45, 7) is 9.02. The van der Waals surface area contributed by atoms with Gasteiger partial charge in [-0.3, -0.25) is 0 Å². The maximum Gasteiger partial charge on any atom is 0.0595 e. The molecule has 1 aromatic rings. The van der Waals surface area contributed by atoms with Gasteiger partial charge in [0.05, 0.1) is 15.4 Å². The highest BCUT2D eigenvalue weighted by Crippen LogP contribution is 2.35. The molecule has 0 bridgehead atoms. The molecule has 2 atom stereocenters. The number of benzene rings is 1. The zero-order valence-corrected chi connectivity index (χ0v) is 13.7. The van der Waals surface area contributed by atoms with Crippen molar-refractivity contribution in [2.24, 2.45) is 11.3 Å². The van der Waals surface area contributed by atoms with Crippen LogP contribution in [0.25, 0.3) is 0 Å². The molecule has 0 heterocycles. The second-order valence-corrected chi connectivity index (χ2v) is 7.59. The summed E-state index contributed by atoms with van der Waals surface area (Å²) in [4.78, 5) is 0. The molecule has 0 saturated carbocycles. The minimum Gasteiger partial charge on any atom is -0.118 e. The summed E-state index contributed by atoms with van der Waals surface area (Å²) in [5.41, 5.74) is 1.39. The fraction of sp³-hybridized carbons (Fsp3) is 0.600. The molecule has 0 aliphatic heterocycles. The highest BCUT2D eigenvalue weighted by atomic mass is 35.5. The van der Waals surface area contributed by atoms with Crippen LogP contribution >= 0.6 is 34.8 Å². The van der Waals surface area contributed by atoms with Gasteiger partial charge in [0, 0.05) is 0 Å². The first kappa shape index (κ1) is 16.1. The summed E-state index contributed by atoms with van der Waals surface area (Å²) in [5.74, 6) is 0.585. The molecule has 18 heavy (non-hydrogen) atoms. The van der Waals surface area contributed by atoms with Crippen LogP contribution in [-0.4, -0.2) is 0 Å². The van der Waals surface area contributed by atoms with Crippen molar-refractivity contribution < 1.29 is 0 Å². The predicted octanol–water partition coefficient (Wildman–Crippen LogP) is 6.74. The van der Waals surface area contributed by atoms with Gasteiger partial charge in [0.2, 0.25) is 0 Å². The summed E-state index contributed by atoms with van der Waals surface area (Å²) in [6.07, 6.45) is 2.12. The number of rotatable bonds is 4. The molecule has 0 fully saturated rings. The van der Waals surface area contributed by atoms with Gasteiger partial charge in [0.25, 0.3) is 0 Å². The summed E-state index contributed by atoms with van der Waals surface area (Å²) in [6, 6.07) is 5.63. The van der Waals surface area contributed by atoms with Crippen molar-refractivity contribution in [3.8, 4) is 0 Å². The lowest BCUT2D eigenvalue weighted by Crippen LogP contribution is -2.12. The molecule has 0 aromatic heterocycles. The van der Waals surface area contributed by atoms with Crippen molar-refractivity contribution in [2.75, 3.05) is 0 Å². The largest absolute Gasteiger partial charge is 0.118 e. The van der Waals surface area contributed by atoms with Gasteiger partial charge in [-0.2, -0.15) is 0 Å². The van der Waals surface area contributed by atoms with E-state index in [4.69, 9.17) is 34.8 Å². The van der Waals surface area contributed by atoms with Gasteiger partial charge in [-0.1, -0.05) is 57.0 Å². The maximum absolute atomic E-state index is 6.45. The Morgan fingerprint density at radius 2 is 1.72 bits per heavy atom. The van der Waals surface area contributed by atoms with Crippen LogP contribution in [0.2, 0.25) is 10.0 Å². The maximum atomic E-state index is 6.45. The fourth-order valence-electron chi connectivity index (χ4n) is 2.33. The third-order valence-corrected chi connectivity index (χ3v) is 4.04. The molecule has 102 valence electrons. The molecular formula is C15H21Cl3. The number of halogens is 3. The molecule has 0 saturated heterocycles. The molecule has 0 radical (unpaired) electrons. The van der Waals surface area contributed by atoms with Crippen LogP contribution < -0.4 is 0 Å². The van der Waals surface area contributed by atoms with Crippen molar-refractivity contribution in [3.05, 3.63) is 33.8 Å². The van der Waals surface area contributed by atoms with Crippen molar-refractivity contribution in [2.45, 2.75) is 45.9 Å². The Morgan fingerprint density at radius 3 is 2.22 bits per heavy atom. The Morgan fingerprint density at radius 1 is 1.11 bits per heavy atom. The Labute approximate surface area is 126 Å². The van der Waals surface area contributed by atoms with E-state index in [1.54, 1.807) is 0 Å². The molecule has 2 unspecified atom stereocenters. The molecule has 0 aliphatic carbocycles. The van der Waals surface area contributed by atoms with Crippen LogP contribution in [-0.2, 0) is 0 Å². The van der Waals surface area contributed by atoms with E-state index in [1.807, 2.05) is 18.2 Å². The zero-order valence-electron chi connectivity index (χ0n) is 11.4. The van der Waals surface area contributed by atoms with Crippen molar-refractivity contribution in [3.63, 3.8) is 0 Å². The lowest BCUT2D eigenvalue weighted by atomic mass is 9.83. The third-order valence-electron chi connectivity index (χ3n) is 2.88. The van der Waals surface area contributed by atoms with Crippen molar-refractivity contribution in [1.29, 1.82) is 0 Å². The Hall–Kier alpha value is 0.0900. The van der Waals surface area contributed by atoms with E-state index in [1.165, 1.54) is 0 Å². The van der Waals surface area contributed by atoms with Gasteiger partial charge in [-0.15, -0.1) is 11.6 Å². The molecule has 0 spiro atoms. The topological polar surface area (TPSA) is 0 Å². The number of hydrogen-bond acceptors (Lipinski definition) is 0. The van der Waals surface area contributed by atoms with E-state index in [0.717, 1.165) is 18.4 Å². The molecule has 1 rings (SSSR count). The normalized spacial score (nSPS) is 15.5. The molecule has 0 nitrogen and oxygen atoms in total. The zero-order chi connectivity index (χ0) is 13.9. The summed E-state index contributed by atoms with van der Waals surface area (Å²) >= 11 is 18.4. The summed E-state index contributed by atoms with van der Waals surface area (Å²) < 4.78 is 0. The van der Waals surface area contributed by atoms with E-state index in [2.05, 4.69) is 27.7 Å². The van der Waals surface area contributed by atoms with Crippen LogP contribution in [0.15, 0.2) is 18.2 Å². The van der Waals surface area contributed by atoms with Gasteiger partial charge >= 0.3 is 0 Å². The molecule has 0 amide bonds. The molecular weight excluding hydrogens is 287 g/mol. The van der Waals surface area contributed by atoms with Gasteiger partial charge in [-0.25, -0.2) is 0 Å². The highest BCUT2D eigenvalue weighted by molar-refractivity contribution is 6.42. The average molecular weight is 308 g/mol. The van der Waals surface area contributed by atoms with Crippen LogP contribution in [0, 0.1) is 11.3 Å². The summed E-state index contributed by atoms with van der Waals surface area (Å²) in [7, 11) is 0. The predicted molar refractivity (Wildman–Crippen MR) is 82.9 cm³/mol. The first-order chi connectivity index (χ1) is 8.19. The van der Waals surface area contributed by atoms with Gasteiger partial charge in [0.1, 0.15) is 0 Å². The minimum absolute atomic E-state index is 0.00267. The smallest absolute Gasteiger partial charge is 0.0595 e. The van der Waals surface area contributed by atoms with Crippen LogP contribution in [0.1, 0.15) is 51.5 Å². The number of hydrogen-bond donors (Lipinski definition) is 0. The second kappa shape index (κ2) is 6.50. The van der Waals surface area contributed by atoms with Gasteiger partial charge < -0.3 is 0 Å². The lowest BCUT2D eigenvalue weighted by molar-refractivity contribution is 0.295. The SMILES string of the molecule is CC(CC(Cl)c1ccc(Cl)c(Cl)c1)CC(C)(C)C. The van der Waals surface area contributed by atoms with Gasteiger partial charge in [0.15, 0.2) is 0 Å². The second-order valence-electron chi connectivity index (χ2n) is 6.25. The molecule has 1 aromatic carbocycles. The molecule has 0 aliphatic rings. The first-order valence-electron chi connectivity index (χ1n) is 6.28. The minimum atomic E-state index is -0.00267. The van der Waals surface area contributed by atoms with E-state index >= 15 is 0 Å². The standard InChI is InChI=1S/C15H21Cl3/c1-10(9-15(2,3)4)7-13(17)11-5-6-12(16)14(18)8-11/h5-6,8,10,13H,7,9H2,1-4H3. The third kappa shape index (κ3) is 5.38.